The quantitative estimate of drug-likeness (QED) is 0.407. The number of fused-ring (bicyclic) bond motifs is 2. The molecule has 7 nitrogen and oxygen atoms in total. The summed E-state index contributed by atoms with van der Waals surface area (Å²) >= 11 is 0. The van der Waals surface area contributed by atoms with Gasteiger partial charge in [0.05, 0.1) is 22.5 Å². The third kappa shape index (κ3) is 4.94. The zero-order chi connectivity index (χ0) is 27.4. The molecule has 1 unspecified atom stereocenters. The van der Waals surface area contributed by atoms with E-state index in [1.807, 2.05) is 10.9 Å². The molecule has 3 aliphatic carbocycles. The summed E-state index contributed by atoms with van der Waals surface area (Å²) in [6.07, 6.45) is 8.87. The average molecular weight is 549 g/mol. The number of anilines is 1. The van der Waals surface area contributed by atoms with Crippen LogP contribution in [0.25, 0.3) is 11.8 Å². The number of nitrogens with one attached hydrogen (secondary N) is 1. The molecule has 2 aromatic carbocycles. The number of carbonyl (C=O) groups is 1. The van der Waals surface area contributed by atoms with Crippen LogP contribution < -0.4 is 5.32 Å². The largest absolute Gasteiger partial charge is 0.326 e. The van der Waals surface area contributed by atoms with Gasteiger partial charge >= 0.3 is 0 Å². The van der Waals surface area contributed by atoms with E-state index in [9.17, 15) is 17.6 Å². The Balaban J connectivity index is 1.26. The van der Waals surface area contributed by atoms with E-state index in [-0.39, 0.29) is 28.0 Å². The molecular formula is C30H33FN4O3S. The normalized spacial score (nSPS) is 22.4. The maximum absolute atomic E-state index is 13.8. The molecule has 0 radical (unpaired) electrons. The summed E-state index contributed by atoms with van der Waals surface area (Å²) in [5, 5.41) is 7.31. The van der Waals surface area contributed by atoms with Crippen molar-refractivity contribution in [3.05, 3.63) is 77.4 Å². The summed E-state index contributed by atoms with van der Waals surface area (Å²) in [7, 11) is -3.70. The monoisotopic (exact) mass is 548 g/mol. The average Bonchev–Trinajstić information content (AvgIpc) is 3.55. The molecular weight excluding hydrogens is 515 g/mol. The Kier molecular flexibility index (Phi) is 6.46. The molecule has 3 aliphatic rings. The fourth-order valence-corrected chi connectivity index (χ4v) is 7.74. The summed E-state index contributed by atoms with van der Waals surface area (Å²) in [6, 6.07) is 12.8. The molecule has 6 rings (SSSR count). The smallest absolute Gasteiger partial charge is 0.243 e. The lowest BCUT2D eigenvalue weighted by atomic mass is 9.70. The van der Waals surface area contributed by atoms with Crippen LogP contribution in [0.1, 0.15) is 50.8 Å². The summed E-state index contributed by atoms with van der Waals surface area (Å²) in [6.45, 7) is 4.70. The van der Waals surface area contributed by atoms with Gasteiger partial charge in [-0.3, -0.25) is 4.79 Å². The topological polar surface area (TPSA) is 84.3 Å². The van der Waals surface area contributed by atoms with E-state index in [0.29, 0.717) is 24.7 Å². The number of halogens is 1. The number of carbonyl (C=O) groups excluding carboxylic acids is 1. The van der Waals surface area contributed by atoms with Crippen molar-refractivity contribution in [2.24, 2.45) is 17.3 Å². The molecule has 204 valence electrons. The molecule has 1 heterocycles. The van der Waals surface area contributed by atoms with Crippen LogP contribution in [0, 0.1) is 23.1 Å². The van der Waals surface area contributed by atoms with Gasteiger partial charge in [-0.2, -0.15) is 9.40 Å². The van der Waals surface area contributed by atoms with Crippen LogP contribution in [0.2, 0.25) is 0 Å². The number of amides is 1. The number of hydrogen-bond acceptors (Lipinski definition) is 4. The molecule has 39 heavy (non-hydrogen) atoms. The van der Waals surface area contributed by atoms with Crippen LogP contribution in [0.5, 0.6) is 0 Å². The van der Waals surface area contributed by atoms with Gasteiger partial charge in [0.2, 0.25) is 15.9 Å². The minimum absolute atomic E-state index is 0.157. The number of benzene rings is 2. The summed E-state index contributed by atoms with van der Waals surface area (Å²) < 4.78 is 44.7. The summed E-state index contributed by atoms with van der Waals surface area (Å²) in [5.74, 6) is 0.115. The van der Waals surface area contributed by atoms with Crippen LogP contribution in [0.4, 0.5) is 10.1 Å². The lowest BCUT2D eigenvalue weighted by Crippen LogP contribution is -2.41. The first-order valence-electron chi connectivity index (χ1n) is 13.6. The van der Waals surface area contributed by atoms with Crippen molar-refractivity contribution < 1.29 is 17.6 Å². The first-order valence-corrected chi connectivity index (χ1v) is 15.0. The zero-order valence-electron chi connectivity index (χ0n) is 22.2. The molecule has 1 aromatic heterocycles. The molecule has 0 aliphatic heterocycles. The van der Waals surface area contributed by atoms with Crippen LogP contribution in [-0.2, 0) is 21.2 Å². The highest BCUT2D eigenvalue weighted by Gasteiger charge is 2.47. The highest BCUT2D eigenvalue weighted by Crippen LogP contribution is 2.53. The van der Waals surface area contributed by atoms with Gasteiger partial charge in [0, 0.05) is 25.7 Å². The van der Waals surface area contributed by atoms with E-state index in [2.05, 4.69) is 23.4 Å². The number of hydrogen-bond donors (Lipinski definition) is 1. The fraction of sp³-hybridized carbons (Fsp3) is 0.400. The van der Waals surface area contributed by atoms with Crippen molar-refractivity contribution in [3.8, 4) is 5.69 Å². The highest BCUT2D eigenvalue weighted by atomic mass is 32.2. The second kappa shape index (κ2) is 9.71. The van der Waals surface area contributed by atoms with Crippen molar-refractivity contribution in [2.75, 3.05) is 18.4 Å². The SMILES string of the molecule is CC(=O)Nc1ccc(S(=O)(=O)N(CC2CC2)C[C@@H]2CCC3=Cc4c(cnn4-c4ccc(F)cc4)CC32C)cc1. The number of nitrogens with zero attached hydrogens (tertiary/aromatic N) is 3. The molecule has 2 fully saturated rings. The fourth-order valence-electron chi connectivity index (χ4n) is 6.18. The predicted octanol–water partition coefficient (Wildman–Crippen LogP) is 5.43. The summed E-state index contributed by atoms with van der Waals surface area (Å²) in [4.78, 5) is 11.6. The second-order valence-corrected chi connectivity index (χ2v) is 13.4. The number of allylic oxidation sites excluding steroid dienone is 1. The second-order valence-electron chi connectivity index (χ2n) is 11.4. The predicted molar refractivity (Wildman–Crippen MR) is 148 cm³/mol. The van der Waals surface area contributed by atoms with Gasteiger partial charge < -0.3 is 5.32 Å². The van der Waals surface area contributed by atoms with Gasteiger partial charge in [-0.15, -0.1) is 0 Å². The minimum Gasteiger partial charge on any atom is -0.326 e. The molecule has 0 bridgehead atoms. The molecule has 2 saturated carbocycles. The van der Waals surface area contributed by atoms with Crippen LogP contribution in [0.15, 0.2) is 65.2 Å². The number of sulfonamides is 1. The number of aromatic nitrogens is 2. The Morgan fingerprint density at radius 2 is 1.82 bits per heavy atom. The minimum atomic E-state index is -3.70. The van der Waals surface area contributed by atoms with Gasteiger partial charge in [0.15, 0.2) is 0 Å². The number of rotatable bonds is 8. The lowest BCUT2D eigenvalue weighted by Gasteiger charge is -2.38. The molecule has 0 spiro atoms. The molecule has 2 atom stereocenters. The standard InChI is InChI=1S/C30H33FN4O3S/c1-20(36)33-26-9-13-28(14-10-26)39(37,38)34(18-21-3-4-21)19-24-6-5-23-15-29-22(16-30(23,24)2)17-32-35(29)27-11-7-25(31)8-12-27/h7-15,17,21,24H,3-6,16,18-19H2,1-2H3,(H,33,36)/t24-,30?/m0/s1. The van der Waals surface area contributed by atoms with Crippen LogP contribution >= 0.6 is 0 Å². The van der Waals surface area contributed by atoms with E-state index < -0.39 is 10.0 Å². The molecule has 1 N–H and O–H groups in total. The Morgan fingerprint density at radius 1 is 1.10 bits per heavy atom. The highest BCUT2D eigenvalue weighted by molar-refractivity contribution is 7.89. The van der Waals surface area contributed by atoms with Gasteiger partial charge in [0.25, 0.3) is 0 Å². The van der Waals surface area contributed by atoms with Gasteiger partial charge in [0.1, 0.15) is 5.82 Å². The maximum atomic E-state index is 13.8. The van der Waals surface area contributed by atoms with E-state index in [1.54, 1.807) is 40.7 Å². The molecule has 3 aromatic rings. The van der Waals surface area contributed by atoms with Gasteiger partial charge in [-0.1, -0.05) is 12.5 Å². The van der Waals surface area contributed by atoms with E-state index in [0.717, 1.165) is 49.0 Å². The Bertz CT molecular complexity index is 1540. The van der Waals surface area contributed by atoms with Crippen molar-refractivity contribution >= 4 is 27.7 Å². The van der Waals surface area contributed by atoms with Crippen molar-refractivity contribution in [3.63, 3.8) is 0 Å². The third-order valence-electron chi connectivity index (χ3n) is 8.62. The van der Waals surface area contributed by atoms with E-state index in [4.69, 9.17) is 0 Å². The molecule has 1 amide bonds. The van der Waals surface area contributed by atoms with Crippen molar-refractivity contribution in [1.29, 1.82) is 0 Å². The van der Waals surface area contributed by atoms with Crippen LogP contribution in [-0.4, -0.2) is 41.5 Å². The van der Waals surface area contributed by atoms with Crippen LogP contribution in [0.3, 0.4) is 0 Å². The van der Waals surface area contributed by atoms with Crippen molar-refractivity contribution in [1.82, 2.24) is 14.1 Å². The van der Waals surface area contributed by atoms with E-state index >= 15 is 0 Å². The molecule has 0 saturated heterocycles. The van der Waals surface area contributed by atoms with Gasteiger partial charge in [-0.05, 0) is 110 Å². The maximum Gasteiger partial charge on any atom is 0.243 e. The lowest BCUT2D eigenvalue weighted by molar-refractivity contribution is -0.114. The Labute approximate surface area is 228 Å². The first kappa shape index (κ1) is 26.0. The first-order chi connectivity index (χ1) is 18.6. The van der Waals surface area contributed by atoms with Crippen molar-refractivity contribution in [2.45, 2.75) is 50.8 Å². The third-order valence-corrected chi connectivity index (χ3v) is 10.5. The molecule has 9 heteroatoms. The van der Waals surface area contributed by atoms with Gasteiger partial charge in [-0.25, -0.2) is 17.5 Å². The Hall–Kier alpha value is -3.30. The van der Waals surface area contributed by atoms with E-state index in [1.165, 1.54) is 24.6 Å². The Morgan fingerprint density at radius 3 is 2.49 bits per heavy atom. The summed E-state index contributed by atoms with van der Waals surface area (Å²) in [5.41, 5.74) is 4.72. The zero-order valence-corrected chi connectivity index (χ0v) is 23.0.